The fraction of sp³-hybridized carbons (Fsp3) is 0.533. The highest BCUT2D eigenvalue weighted by molar-refractivity contribution is 5.98. The molecule has 0 spiro atoms. The van der Waals surface area contributed by atoms with Crippen LogP contribution in [0, 0.1) is 19.3 Å². The SMILES string of the molecule is Cc1cccc(C(=O)CC2(CN)CCC2)c1C. The first-order chi connectivity index (χ1) is 8.08. The van der Waals surface area contributed by atoms with Gasteiger partial charge in [-0.25, -0.2) is 0 Å². The van der Waals surface area contributed by atoms with Gasteiger partial charge in [-0.15, -0.1) is 0 Å². The Bertz CT molecular complexity index is 427. The fourth-order valence-corrected chi connectivity index (χ4v) is 2.62. The first-order valence-corrected chi connectivity index (χ1v) is 6.37. The molecule has 2 rings (SSSR count). The van der Waals surface area contributed by atoms with E-state index in [0.29, 0.717) is 13.0 Å². The summed E-state index contributed by atoms with van der Waals surface area (Å²) in [4.78, 5) is 12.3. The van der Waals surface area contributed by atoms with Gasteiger partial charge in [0.15, 0.2) is 5.78 Å². The smallest absolute Gasteiger partial charge is 0.163 e. The van der Waals surface area contributed by atoms with E-state index in [0.717, 1.165) is 24.0 Å². The first kappa shape index (κ1) is 12.3. The molecular weight excluding hydrogens is 210 g/mol. The maximum absolute atomic E-state index is 12.3. The molecule has 0 heterocycles. The Balaban J connectivity index is 2.17. The van der Waals surface area contributed by atoms with Gasteiger partial charge in [0, 0.05) is 12.0 Å². The van der Waals surface area contributed by atoms with Gasteiger partial charge in [-0.05, 0) is 49.8 Å². The summed E-state index contributed by atoms with van der Waals surface area (Å²) in [7, 11) is 0. The molecule has 1 fully saturated rings. The number of hydrogen-bond acceptors (Lipinski definition) is 2. The van der Waals surface area contributed by atoms with Crippen LogP contribution in [0.25, 0.3) is 0 Å². The number of Topliss-reactive ketones (excluding diaryl/α,β-unsaturated/α-hetero) is 1. The quantitative estimate of drug-likeness (QED) is 0.809. The second-order valence-corrected chi connectivity index (χ2v) is 5.41. The van der Waals surface area contributed by atoms with Crippen LogP contribution < -0.4 is 5.73 Å². The summed E-state index contributed by atoms with van der Waals surface area (Å²) in [5, 5.41) is 0. The topological polar surface area (TPSA) is 43.1 Å². The van der Waals surface area contributed by atoms with Crippen molar-refractivity contribution in [3.05, 3.63) is 34.9 Å². The van der Waals surface area contributed by atoms with Crippen molar-refractivity contribution < 1.29 is 4.79 Å². The molecule has 0 unspecified atom stereocenters. The third-order valence-corrected chi connectivity index (χ3v) is 4.29. The van der Waals surface area contributed by atoms with Crippen molar-refractivity contribution in [3.8, 4) is 0 Å². The summed E-state index contributed by atoms with van der Waals surface area (Å²) in [6.07, 6.45) is 4.06. The van der Waals surface area contributed by atoms with E-state index in [-0.39, 0.29) is 11.2 Å². The summed E-state index contributed by atoms with van der Waals surface area (Å²) in [6, 6.07) is 5.95. The molecule has 0 atom stereocenters. The summed E-state index contributed by atoms with van der Waals surface area (Å²) < 4.78 is 0. The van der Waals surface area contributed by atoms with Crippen LogP contribution in [0.3, 0.4) is 0 Å². The predicted octanol–water partition coefficient (Wildman–Crippen LogP) is 3.01. The van der Waals surface area contributed by atoms with Crippen molar-refractivity contribution in [1.29, 1.82) is 0 Å². The van der Waals surface area contributed by atoms with Gasteiger partial charge in [0.1, 0.15) is 0 Å². The second kappa shape index (κ2) is 4.61. The molecule has 1 aromatic rings. The minimum atomic E-state index is 0.104. The van der Waals surface area contributed by atoms with E-state index >= 15 is 0 Å². The average molecular weight is 231 g/mol. The highest BCUT2D eigenvalue weighted by atomic mass is 16.1. The first-order valence-electron chi connectivity index (χ1n) is 6.37. The van der Waals surface area contributed by atoms with Crippen LogP contribution in [0.5, 0.6) is 0 Å². The van der Waals surface area contributed by atoms with E-state index in [2.05, 4.69) is 0 Å². The molecule has 1 aliphatic carbocycles. The number of benzene rings is 1. The number of ketones is 1. The lowest BCUT2D eigenvalue weighted by molar-refractivity contribution is 0.0785. The molecule has 0 radical (unpaired) electrons. The lowest BCUT2D eigenvalue weighted by Gasteiger charge is -2.40. The molecule has 0 amide bonds. The van der Waals surface area contributed by atoms with Gasteiger partial charge in [-0.1, -0.05) is 24.6 Å². The molecule has 0 aliphatic heterocycles. The van der Waals surface area contributed by atoms with Crippen LogP contribution in [-0.4, -0.2) is 12.3 Å². The summed E-state index contributed by atoms with van der Waals surface area (Å²) in [5.74, 6) is 0.261. The van der Waals surface area contributed by atoms with Gasteiger partial charge < -0.3 is 5.73 Å². The molecule has 17 heavy (non-hydrogen) atoms. The summed E-state index contributed by atoms with van der Waals surface area (Å²) in [6.45, 7) is 4.72. The van der Waals surface area contributed by atoms with Crippen LogP contribution in [0.2, 0.25) is 0 Å². The van der Waals surface area contributed by atoms with Gasteiger partial charge >= 0.3 is 0 Å². The largest absolute Gasteiger partial charge is 0.330 e. The molecule has 92 valence electrons. The Morgan fingerprint density at radius 1 is 1.35 bits per heavy atom. The molecule has 1 saturated carbocycles. The van der Waals surface area contributed by atoms with Gasteiger partial charge in [-0.2, -0.15) is 0 Å². The van der Waals surface area contributed by atoms with Crippen molar-refractivity contribution >= 4 is 5.78 Å². The lowest BCUT2D eigenvalue weighted by atomic mass is 9.65. The molecule has 0 aromatic heterocycles. The zero-order valence-electron chi connectivity index (χ0n) is 10.8. The number of nitrogens with two attached hydrogens (primary N) is 1. The standard InChI is InChI=1S/C15H21NO/c1-11-5-3-6-13(12(11)2)14(17)9-15(10-16)7-4-8-15/h3,5-6H,4,7-10,16H2,1-2H3. The third-order valence-electron chi connectivity index (χ3n) is 4.29. The van der Waals surface area contributed by atoms with Crippen molar-refractivity contribution in [2.24, 2.45) is 11.1 Å². The summed E-state index contributed by atoms with van der Waals surface area (Å²) in [5.41, 5.74) is 9.10. The van der Waals surface area contributed by atoms with Crippen LogP contribution in [-0.2, 0) is 0 Å². The molecular formula is C15H21NO. The van der Waals surface area contributed by atoms with E-state index < -0.39 is 0 Å². The maximum atomic E-state index is 12.3. The normalized spacial score (nSPS) is 17.6. The minimum Gasteiger partial charge on any atom is -0.330 e. The van der Waals surface area contributed by atoms with Crippen molar-refractivity contribution in [2.75, 3.05) is 6.54 Å². The maximum Gasteiger partial charge on any atom is 0.163 e. The van der Waals surface area contributed by atoms with Crippen LogP contribution in [0.4, 0.5) is 0 Å². The Labute approximate surface area is 103 Å². The zero-order chi connectivity index (χ0) is 12.5. The lowest BCUT2D eigenvalue weighted by Crippen LogP contribution is -2.39. The Hall–Kier alpha value is -1.15. The zero-order valence-corrected chi connectivity index (χ0v) is 10.8. The van der Waals surface area contributed by atoms with E-state index in [1.807, 2.05) is 32.0 Å². The van der Waals surface area contributed by atoms with Crippen LogP contribution >= 0.6 is 0 Å². The van der Waals surface area contributed by atoms with Crippen molar-refractivity contribution in [3.63, 3.8) is 0 Å². The predicted molar refractivity (Wildman–Crippen MR) is 70.2 cm³/mol. The van der Waals surface area contributed by atoms with Crippen molar-refractivity contribution in [2.45, 2.75) is 39.5 Å². The fourth-order valence-electron chi connectivity index (χ4n) is 2.62. The Morgan fingerprint density at radius 3 is 2.59 bits per heavy atom. The van der Waals surface area contributed by atoms with E-state index in [1.54, 1.807) is 0 Å². The van der Waals surface area contributed by atoms with Crippen LogP contribution in [0.15, 0.2) is 18.2 Å². The second-order valence-electron chi connectivity index (χ2n) is 5.41. The monoisotopic (exact) mass is 231 g/mol. The van der Waals surface area contributed by atoms with E-state index in [4.69, 9.17) is 5.73 Å². The molecule has 1 aliphatic rings. The van der Waals surface area contributed by atoms with E-state index in [9.17, 15) is 4.79 Å². The number of carbonyl (C=O) groups is 1. The highest BCUT2D eigenvalue weighted by Gasteiger charge is 2.37. The van der Waals surface area contributed by atoms with Gasteiger partial charge in [0.2, 0.25) is 0 Å². The molecule has 2 nitrogen and oxygen atoms in total. The minimum absolute atomic E-state index is 0.104. The number of rotatable bonds is 4. The Morgan fingerprint density at radius 2 is 2.06 bits per heavy atom. The Kier molecular flexibility index (Phi) is 3.34. The molecule has 0 bridgehead atoms. The van der Waals surface area contributed by atoms with Gasteiger partial charge in [0.25, 0.3) is 0 Å². The number of hydrogen-bond donors (Lipinski definition) is 1. The number of aryl methyl sites for hydroxylation is 1. The molecule has 0 saturated heterocycles. The average Bonchev–Trinajstić information content (AvgIpc) is 2.27. The van der Waals surface area contributed by atoms with Crippen molar-refractivity contribution in [1.82, 2.24) is 0 Å². The number of carbonyl (C=O) groups excluding carboxylic acids is 1. The molecule has 2 N–H and O–H groups in total. The van der Waals surface area contributed by atoms with E-state index in [1.165, 1.54) is 12.0 Å². The van der Waals surface area contributed by atoms with Gasteiger partial charge in [-0.3, -0.25) is 4.79 Å². The molecule has 2 heteroatoms. The van der Waals surface area contributed by atoms with Crippen LogP contribution in [0.1, 0.15) is 47.2 Å². The highest BCUT2D eigenvalue weighted by Crippen LogP contribution is 2.43. The third kappa shape index (κ3) is 2.27. The molecule has 1 aromatic carbocycles. The van der Waals surface area contributed by atoms with Gasteiger partial charge in [0.05, 0.1) is 0 Å². The summed E-state index contributed by atoms with van der Waals surface area (Å²) >= 11 is 0.